The van der Waals surface area contributed by atoms with E-state index in [4.69, 9.17) is 0 Å². The zero-order valence-electron chi connectivity index (χ0n) is 13.2. The highest BCUT2D eigenvalue weighted by Gasteiger charge is 2.28. The molecule has 0 spiro atoms. The van der Waals surface area contributed by atoms with E-state index in [0.29, 0.717) is 5.92 Å². The number of esters is 1. The Labute approximate surface area is 131 Å². The van der Waals surface area contributed by atoms with Crippen LogP contribution >= 0.6 is 0 Å². The highest BCUT2D eigenvalue weighted by molar-refractivity contribution is 5.90. The lowest BCUT2D eigenvalue weighted by atomic mass is 9.89. The van der Waals surface area contributed by atoms with Crippen LogP contribution < -0.4 is 5.32 Å². The van der Waals surface area contributed by atoms with Gasteiger partial charge >= 0.3 is 5.97 Å². The van der Waals surface area contributed by atoms with Crippen LogP contribution in [0.5, 0.6) is 0 Å². The second-order valence-electron chi connectivity index (χ2n) is 6.53. The van der Waals surface area contributed by atoms with Crippen molar-refractivity contribution in [3.63, 3.8) is 0 Å². The molecular formula is C18H24FNO2. The predicted molar refractivity (Wildman–Crippen MR) is 83.6 cm³/mol. The molecule has 3 nitrogen and oxygen atoms in total. The summed E-state index contributed by atoms with van der Waals surface area (Å²) in [6, 6.07) is 3.30. The average Bonchev–Trinajstić information content (AvgIpc) is 3.38. The van der Waals surface area contributed by atoms with Gasteiger partial charge in [-0.15, -0.1) is 0 Å². The molecule has 1 N–H and O–H groups in total. The molecule has 0 radical (unpaired) electrons. The number of halogens is 1. The number of carbonyl (C=O) groups excluding carboxylic acids is 1. The lowest BCUT2D eigenvalue weighted by molar-refractivity contribution is 0.0595. The predicted octanol–water partition coefficient (Wildman–Crippen LogP) is 3.42. The van der Waals surface area contributed by atoms with Crippen molar-refractivity contribution in [2.75, 3.05) is 20.2 Å². The van der Waals surface area contributed by atoms with Crippen molar-refractivity contribution in [1.29, 1.82) is 0 Å². The number of carbonyl (C=O) groups is 1. The highest BCUT2D eigenvalue weighted by Crippen LogP contribution is 2.43. The molecule has 0 unspecified atom stereocenters. The van der Waals surface area contributed by atoms with E-state index in [0.717, 1.165) is 55.8 Å². The summed E-state index contributed by atoms with van der Waals surface area (Å²) in [4.78, 5) is 11.7. The number of methoxy groups -OCH3 is 1. The van der Waals surface area contributed by atoms with Crippen molar-refractivity contribution in [1.82, 2.24) is 5.32 Å². The minimum absolute atomic E-state index is 0.0787. The first kappa shape index (κ1) is 15.5. The van der Waals surface area contributed by atoms with E-state index in [1.807, 2.05) is 0 Å². The first-order valence-corrected chi connectivity index (χ1v) is 8.30. The maximum absolute atomic E-state index is 14.2. The first-order chi connectivity index (χ1) is 10.7. The number of piperidine rings is 1. The van der Waals surface area contributed by atoms with Crippen molar-refractivity contribution in [3.8, 4) is 0 Å². The fourth-order valence-electron chi connectivity index (χ4n) is 3.42. The van der Waals surface area contributed by atoms with Crippen LogP contribution in [0.2, 0.25) is 0 Å². The van der Waals surface area contributed by atoms with E-state index in [1.54, 1.807) is 12.1 Å². The molecule has 1 aliphatic carbocycles. The number of hydrogen-bond donors (Lipinski definition) is 1. The topological polar surface area (TPSA) is 38.3 Å². The molecule has 0 atom stereocenters. The number of nitrogens with one attached hydrogen (secondary N) is 1. The van der Waals surface area contributed by atoms with Crippen LogP contribution in [0.3, 0.4) is 0 Å². The quantitative estimate of drug-likeness (QED) is 0.847. The maximum Gasteiger partial charge on any atom is 0.340 e. The normalized spacial score (nSPS) is 19.2. The largest absolute Gasteiger partial charge is 0.465 e. The SMILES string of the molecule is COC(=O)c1cc(C2CC2)c(CCC2CCNCC2)cc1F. The van der Waals surface area contributed by atoms with Gasteiger partial charge in [0.1, 0.15) is 5.82 Å². The fraction of sp³-hybridized carbons (Fsp3) is 0.611. The Bertz CT molecular complexity index is 548. The molecule has 1 heterocycles. The number of hydrogen-bond acceptors (Lipinski definition) is 3. The molecule has 1 saturated heterocycles. The van der Waals surface area contributed by atoms with Crippen molar-refractivity contribution in [3.05, 3.63) is 34.6 Å². The summed E-state index contributed by atoms with van der Waals surface area (Å²) in [5.41, 5.74) is 2.33. The van der Waals surface area contributed by atoms with Crippen LogP contribution in [-0.4, -0.2) is 26.2 Å². The van der Waals surface area contributed by atoms with Gasteiger partial charge in [0.15, 0.2) is 0 Å². The van der Waals surface area contributed by atoms with Gasteiger partial charge in [-0.05, 0) is 86.7 Å². The molecule has 1 aliphatic heterocycles. The minimum atomic E-state index is -0.579. The third kappa shape index (κ3) is 3.49. The summed E-state index contributed by atoms with van der Waals surface area (Å²) < 4.78 is 18.9. The third-order valence-corrected chi connectivity index (χ3v) is 4.93. The van der Waals surface area contributed by atoms with Gasteiger partial charge in [-0.25, -0.2) is 9.18 Å². The summed E-state index contributed by atoms with van der Waals surface area (Å²) in [7, 11) is 1.30. The Kier molecular flexibility index (Phi) is 4.77. The lowest BCUT2D eigenvalue weighted by Crippen LogP contribution is -2.28. The second-order valence-corrected chi connectivity index (χ2v) is 6.53. The Hall–Kier alpha value is -1.42. The van der Waals surface area contributed by atoms with Crippen molar-refractivity contribution >= 4 is 5.97 Å². The Morgan fingerprint density at radius 2 is 2.00 bits per heavy atom. The average molecular weight is 305 g/mol. The third-order valence-electron chi connectivity index (χ3n) is 4.93. The van der Waals surface area contributed by atoms with E-state index < -0.39 is 11.8 Å². The molecule has 22 heavy (non-hydrogen) atoms. The summed E-state index contributed by atoms with van der Waals surface area (Å²) in [5, 5.41) is 3.38. The number of benzene rings is 1. The Balaban J connectivity index is 1.77. The van der Waals surface area contributed by atoms with E-state index in [9.17, 15) is 9.18 Å². The molecule has 0 bridgehead atoms. The van der Waals surface area contributed by atoms with Gasteiger partial charge in [0.2, 0.25) is 0 Å². The van der Waals surface area contributed by atoms with Crippen molar-refractivity contribution in [2.45, 2.75) is 44.4 Å². The van der Waals surface area contributed by atoms with Crippen molar-refractivity contribution < 1.29 is 13.9 Å². The van der Waals surface area contributed by atoms with Gasteiger partial charge in [0, 0.05) is 0 Å². The molecule has 1 aromatic carbocycles. The van der Waals surface area contributed by atoms with Gasteiger partial charge in [-0.3, -0.25) is 0 Å². The highest BCUT2D eigenvalue weighted by atomic mass is 19.1. The molecule has 3 rings (SSSR count). The molecule has 0 amide bonds. The van der Waals surface area contributed by atoms with Crippen LogP contribution in [-0.2, 0) is 11.2 Å². The van der Waals surface area contributed by atoms with Crippen LogP contribution in [0.15, 0.2) is 12.1 Å². The summed E-state index contributed by atoms with van der Waals surface area (Å²) >= 11 is 0. The van der Waals surface area contributed by atoms with E-state index in [-0.39, 0.29) is 5.56 Å². The maximum atomic E-state index is 14.2. The van der Waals surface area contributed by atoms with Gasteiger partial charge in [-0.2, -0.15) is 0 Å². The Morgan fingerprint density at radius 3 is 2.64 bits per heavy atom. The monoisotopic (exact) mass is 305 g/mol. The van der Waals surface area contributed by atoms with Gasteiger partial charge in [0.05, 0.1) is 12.7 Å². The summed E-state index contributed by atoms with van der Waals surface area (Å²) in [6.07, 6.45) is 6.73. The molecule has 2 aliphatic rings. The molecule has 1 saturated carbocycles. The van der Waals surface area contributed by atoms with E-state index in [2.05, 4.69) is 10.1 Å². The van der Waals surface area contributed by atoms with Gasteiger partial charge in [-0.1, -0.05) is 0 Å². The van der Waals surface area contributed by atoms with Crippen LogP contribution in [0.1, 0.15) is 59.5 Å². The second kappa shape index (κ2) is 6.78. The number of ether oxygens (including phenoxy) is 1. The van der Waals surface area contributed by atoms with Gasteiger partial charge < -0.3 is 10.1 Å². The molecular weight excluding hydrogens is 281 g/mol. The molecule has 0 aromatic heterocycles. The number of rotatable bonds is 5. The van der Waals surface area contributed by atoms with E-state index >= 15 is 0 Å². The summed E-state index contributed by atoms with van der Waals surface area (Å²) in [6.45, 7) is 2.19. The molecule has 120 valence electrons. The molecule has 4 heteroatoms. The Morgan fingerprint density at radius 1 is 1.27 bits per heavy atom. The zero-order chi connectivity index (χ0) is 15.5. The smallest absolute Gasteiger partial charge is 0.340 e. The molecule has 1 aromatic rings. The zero-order valence-corrected chi connectivity index (χ0v) is 13.2. The molecule has 2 fully saturated rings. The fourth-order valence-corrected chi connectivity index (χ4v) is 3.42. The lowest BCUT2D eigenvalue weighted by Gasteiger charge is -2.23. The van der Waals surface area contributed by atoms with Crippen LogP contribution in [0.4, 0.5) is 4.39 Å². The number of aryl methyl sites for hydroxylation is 1. The van der Waals surface area contributed by atoms with E-state index in [1.165, 1.54) is 20.0 Å². The minimum Gasteiger partial charge on any atom is -0.465 e. The first-order valence-electron chi connectivity index (χ1n) is 8.30. The van der Waals surface area contributed by atoms with Crippen LogP contribution in [0.25, 0.3) is 0 Å². The summed E-state index contributed by atoms with van der Waals surface area (Å²) in [5.74, 6) is 0.213. The standard InChI is InChI=1S/C18H24FNO2/c1-22-18(21)16-11-15(13-4-5-13)14(10-17(16)19)3-2-12-6-8-20-9-7-12/h10-13,20H,2-9H2,1H3. The van der Waals surface area contributed by atoms with Crippen LogP contribution in [0, 0.1) is 11.7 Å². The van der Waals surface area contributed by atoms with Gasteiger partial charge in [0.25, 0.3) is 0 Å². The van der Waals surface area contributed by atoms with Crippen molar-refractivity contribution in [2.24, 2.45) is 5.92 Å².